The van der Waals surface area contributed by atoms with Gasteiger partial charge < -0.3 is 20.4 Å². The average Bonchev–Trinajstić information content (AvgIpc) is 3.41. The quantitative estimate of drug-likeness (QED) is 0.427. The average molecular weight is 419 g/mol. The van der Waals surface area contributed by atoms with E-state index in [9.17, 15) is 0 Å². The highest BCUT2D eigenvalue weighted by molar-refractivity contribution is 5.60. The molecule has 8 heteroatoms. The van der Waals surface area contributed by atoms with Gasteiger partial charge in [-0.2, -0.15) is 9.61 Å². The van der Waals surface area contributed by atoms with Crippen LogP contribution in [0.5, 0.6) is 0 Å². The predicted octanol–water partition coefficient (Wildman–Crippen LogP) is 3.27. The van der Waals surface area contributed by atoms with Crippen molar-refractivity contribution in [3.8, 4) is 0 Å². The lowest BCUT2D eigenvalue weighted by Gasteiger charge is -2.23. The maximum Gasteiger partial charge on any atom is 0.162 e. The van der Waals surface area contributed by atoms with Crippen LogP contribution in [0.25, 0.3) is 11.3 Å². The summed E-state index contributed by atoms with van der Waals surface area (Å²) in [5.41, 5.74) is 5.19. The summed E-state index contributed by atoms with van der Waals surface area (Å²) in [5.74, 6) is 2.51. The molecule has 4 aromatic heterocycles. The van der Waals surface area contributed by atoms with E-state index in [1.165, 1.54) is 18.5 Å². The Morgan fingerprint density at radius 3 is 2.84 bits per heavy atom. The Morgan fingerprint density at radius 2 is 2.03 bits per heavy atom. The van der Waals surface area contributed by atoms with Crippen molar-refractivity contribution in [2.45, 2.75) is 39.7 Å². The van der Waals surface area contributed by atoms with Gasteiger partial charge in [-0.05, 0) is 57.3 Å². The molecule has 0 aromatic carbocycles. The van der Waals surface area contributed by atoms with Gasteiger partial charge in [0.05, 0.1) is 18.4 Å². The minimum absolute atomic E-state index is 0.620. The summed E-state index contributed by atoms with van der Waals surface area (Å²) >= 11 is 0. The molecule has 5 rings (SSSR count). The second-order valence-electron chi connectivity index (χ2n) is 8.34. The Bertz CT molecular complexity index is 1190. The van der Waals surface area contributed by atoms with E-state index in [0.29, 0.717) is 12.5 Å². The Labute approximate surface area is 182 Å². The first-order chi connectivity index (χ1) is 15.2. The Kier molecular flexibility index (Phi) is 5.46. The highest BCUT2D eigenvalue weighted by Gasteiger charge is 2.15. The van der Waals surface area contributed by atoms with Crippen LogP contribution in [0.3, 0.4) is 0 Å². The molecule has 0 spiro atoms. The Hall–Kier alpha value is -3.13. The monoisotopic (exact) mass is 418 g/mol. The van der Waals surface area contributed by atoms with Gasteiger partial charge in [0.15, 0.2) is 5.65 Å². The fourth-order valence-corrected chi connectivity index (χ4v) is 4.27. The first kappa shape index (κ1) is 19.8. The molecule has 162 valence electrons. The number of nitrogens with zero attached hydrogens (tertiary/aromatic N) is 5. The minimum Gasteiger partial charge on any atom is -0.370 e. The van der Waals surface area contributed by atoms with Gasteiger partial charge in [-0.15, -0.1) is 0 Å². The van der Waals surface area contributed by atoms with E-state index in [4.69, 9.17) is 9.97 Å². The molecular formula is C23H30N8. The number of fused-ring (bicyclic) bond motifs is 2. The van der Waals surface area contributed by atoms with Gasteiger partial charge in [0, 0.05) is 30.1 Å². The number of aromatic nitrogens is 5. The Morgan fingerprint density at radius 1 is 1.16 bits per heavy atom. The van der Waals surface area contributed by atoms with Crippen LogP contribution in [0.2, 0.25) is 0 Å². The normalized spacial score (nSPS) is 15.0. The van der Waals surface area contributed by atoms with Gasteiger partial charge in [-0.25, -0.2) is 9.97 Å². The molecule has 3 N–H and O–H groups in total. The number of pyridine rings is 1. The fourth-order valence-electron chi connectivity index (χ4n) is 4.27. The molecule has 1 aliphatic rings. The van der Waals surface area contributed by atoms with Crippen molar-refractivity contribution in [2.24, 2.45) is 5.92 Å². The molecule has 4 aromatic rings. The summed E-state index contributed by atoms with van der Waals surface area (Å²) in [7, 11) is 0. The molecule has 5 heterocycles. The third-order valence-electron chi connectivity index (χ3n) is 6.15. The zero-order valence-electron chi connectivity index (χ0n) is 18.2. The van der Waals surface area contributed by atoms with E-state index in [2.05, 4.69) is 57.6 Å². The van der Waals surface area contributed by atoms with Crippen molar-refractivity contribution in [2.75, 3.05) is 30.3 Å². The number of aryl methyl sites for hydroxylation is 2. The van der Waals surface area contributed by atoms with Crippen LogP contribution in [0, 0.1) is 12.8 Å². The van der Waals surface area contributed by atoms with Crippen molar-refractivity contribution >= 4 is 22.9 Å². The minimum atomic E-state index is 0.620. The molecule has 0 aliphatic carbocycles. The lowest BCUT2D eigenvalue weighted by Crippen LogP contribution is -2.31. The van der Waals surface area contributed by atoms with Gasteiger partial charge >= 0.3 is 0 Å². The van der Waals surface area contributed by atoms with Crippen molar-refractivity contribution < 1.29 is 0 Å². The molecule has 0 bridgehead atoms. The van der Waals surface area contributed by atoms with Crippen molar-refractivity contribution in [1.29, 1.82) is 0 Å². The number of hydrogen-bond acceptors (Lipinski definition) is 6. The molecule has 0 saturated carbocycles. The molecule has 0 radical (unpaired) electrons. The van der Waals surface area contributed by atoms with Gasteiger partial charge in [0.1, 0.15) is 17.3 Å². The molecule has 1 saturated heterocycles. The van der Waals surface area contributed by atoms with Gasteiger partial charge in [0.2, 0.25) is 0 Å². The summed E-state index contributed by atoms with van der Waals surface area (Å²) in [6.07, 6.45) is 7.33. The number of piperidine rings is 1. The maximum atomic E-state index is 4.87. The third-order valence-corrected chi connectivity index (χ3v) is 6.15. The van der Waals surface area contributed by atoms with E-state index < -0.39 is 0 Å². The summed E-state index contributed by atoms with van der Waals surface area (Å²) in [4.78, 5) is 9.61. The van der Waals surface area contributed by atoms with Crippen LogP contribution < -0.4 is 16.0 Å². The lowest BCUT2D eigenvalue weighted by molar-refractivity contribution is 0.389. The molecular weight excluding hydrogens is 388 g/mol. The second kappa shape index (κ2) is 8.55. The SMILES string of the molecule is CCc1cnn2c(NCc3cn4c(C)cccc4n3)cc(NCC3CCNCC3)nc12. The van der Waals surface area contributed by atoms with E-state index in [1.807, 2.05) is 22.8 Å². The smallest absolute Gasteiger partial charge is 0.162 e. The number of rotatable bonds is 7. The molecule has 0 unspecified atom stereocenters. The Balaban J connectivity index is 1.39. The topological polar surface area (TPSA) is 83.6 Å². The lowest BCUT2D eigenvalue weighted by atomic mass is 9.98. The molecule has 8 nitrogen and oxygen atoms in total. The van der Waals surface area contributed by atoms with Crippen LogP contribution >= 0.6 is 0 Å². The van der Waals surface area contributed by atoms with E-state index >= 15 is 0 Å². The van der Waals surface area contributed by atoms with E-state index in [0.717, 1.165) is 60.2 Å². The van der Waals surface area contributed by atoms with E-state index in [1.54, 1.807) is 0 Å². The van der Waals surface area contributed by atoms with Crippen LogP contribution in [0.4, 0.5) is 11.6 Å². The van der Waals surface area contributed by atoms with Gasteiger partial charge in [-0.3, -0.25) is 0 Å². The third kappa shape index (κ3) is 4.07. The zero-order chi connectivity index (χ0) is 21.2. The first-order valence-corrected chi connectivity index (χ1v) is 11.2. The number of nitrogens with one attached hydrogen (secondary N) is 3. The number of hydrogen-bond donors (Lipinski definition) is 3. The highest BCUT2D eigenvalue weighted by Crippen LogP contribution is 2.21. The van der Waals surface area contributed by atoms with Crippen molar-refractivity contribution in [1.82, 2.24) is 29.3 Å². The van der Waals surface area contributed by atoms with Crippen molar-refractivity contribution in [3.63, 3.8) is 0 Å². The van der Waals surface area contributed by atoms with Gasteiger partial charge in [0.25, 0.3) is 0 Å². The van der Waals surface area contributed by atoms with E-state index in [-0.39, 0.29) is 0 Å². The molecule has 1 fully saturated rings. The fraction of sp³-hybridized carbons (Fsp3) is 0.435. The van der Waals surface area contributed by atoms with Gasteiger partial charge in [-0.1, -0.05) is 13.0 Å². The van der Waals surface area contributed by atoms with Crippen LogP contribution in [0.1, 0.15) is 36.7 Å². The summed E-state index contributed by atoms with van der Waals surface area (Å²) in [6.45, 7) is 8.01. The molecule has 0 atom stereocenters. The van der Waals surface area contributed by atoms with Crippen LogP contribution in [-0.2, 0) is 13.0 Å². The second-order valence-corrected chi connectivity index (χ2v) is 8.34. The summed E-state index contributed by atoms with van der Waals surface area (Å²) in [5, 5.41) is 15.1. The predicted molar refractivity (Wildman–Crippen MR) is 124 cm³/mol. The summed E-state index contributed by atoms with van der Waals surface area (Å²) < 4.78 is 4.02. The summed E-state index contributed by atoms with van der Waals surface area (Å²) in [6, 6.07) is 8.22. The maximum absolute atomic E-state index is 4.87. The molecule has 0 amide bonds. The zero-order valence-corrected chi connectivity index (χ0v) is 18.2. The van der Waals surface area contributed by atoms with Crippen LogP contribution in [-0.4, -0.2) is 43.6 Å². The first-order valence-electron chi connectivity index (χ1n) is 11.2. The standard InChI is InChI=1S/C23H30N8/c1-3-18-13-27-31-22(26-14-19-15-30-16(2)5-4-6-21(30)28-19)11-20(29-23(18)31)25-12-17-7-9-24-10-8-17/h4-6,11,13,15,17,24,26H,3,7-10,12,14H2,1-2H3,(H,25,29). The largest absolute Gasteiger partial charge is 0.370 e. The molecule has 1 aliphatic heterocycles. The number of anilines is 2. The number of imidazole rings is 1. The highest BCUT2D eigenvalue weighted by atomic mass is 15.3. The van der Waals surface area contributed by atoms with Crippen molar-refractivity contribution in [3.05, 3.63) is 53.6 Å². The van der Waals surface area contributed by atoms with Crippen LogP contribution in [0.15, 0.2) is 36.7 Å². The molecule has 31 heavy (non-hydrogen) atoms.